The zero-order valence-electron chi connectivity index (χ0n) is 11.6. The Hall–Kier alpha value is -1.18. The SMILES string of the molecule is CCNc1ncccc1S(=O)(=O)N1CCCCC1CO. The Morgan fingerprint density at radius 1 is 1.50 bits per heavy atom. The molecule has 2 heterocycles. The van der Waals surface area contributed by atoms with Crippen LogP contribution in [0.3, 0.4) is 0 Å². The third-order valence-electron chi connectivity index (χ3n) is 3.49. The van der Waals surface area contributed by atoms with Crippen molar-refractivity contribution in [1.29, 1.82) is 0 Å². The normalized spacial score (nSPS) is 20.8. The first-order valence-electron chi connectivity index (χ1n) is 6.92. The van der Waals surface area contributed by atoms with E-state index in [2.05, 4.69) is 10.3 Å². The number of nitrogens with one attached hydrogen (secondary N) is 1. The molecule has 0 aromatic carbocycles. The van der Waals surface area contributed by atoms with Crippen molar-refractivity contribution in [2.45, 2.75) is 37.1 Å². The van der Waals surface area contributed by atoms with Crippen molar-refractivity contribution in [1.82, 2.24) is 9.29 Å². The van der Waals surface area contributed by atoms with E-state index in [0.29, 0.717) is 25.3 Å². The van der Waals surface area contributed by atoms with E-state index in [1.165, 1.54) is 4.31 Å². The van der Waals surface area contributed by atoms with Crippen LogP contribution in [0, 0.1) is 0 Å². The maximum absolute atomic E-state index is 12.8. The predicted octanol–water partition coefficient (Wildman–Crippen LogP) is 1.05. The third kappa shape index (κ3) is 2.94. The molecule has 1 fully saturated rings. The summed E-state index contributed by atoms with van der Waals surface area (Å²) in [5.41, 5.74) is 0. The van der Waals surface area contributed by atoms with Gasteiger partial charge in [0.25, 0.3) is 0 Å². The van der Waals surface area contributed by atoms with Crippen LogP contribution in [-0.2, 0) is 10.0 Å². The number of piperidine rings is 1. The summed E-state index contributed by atoms with van der Waals surface area (Å²) in [7, 11) is -3.63. The summed E-state index contributed by atoms with van der Waals surface area (Å²) >= 11 is 0. The molecule has 1 unspecified atom stereocenters. The maximum atomic E-state index is 12.8. The van der Waals surface area contributed by atoms with Crippen molar-refractivity contribution < 1.29 is 13.5 Å². The molecule has 7 heteroatoms. The van der Waals surface area contributed by atoms with E-state index in [-0.39, 0.29) is 17.5 Å². The zero-order chi connectivity index (χ0) is 14.6. The second-order valence-electron chi connectivity index (χ2n) is 4.83. The Balaban J connectivity index is 2.38. The molecule has 2 N–H and O–H groups in total. The Morgan fingerprint density at radius 2 is 2.30 bits per heavy atom. The molecule has 1 aromatic rings. The number of aliphatic hydroxyl groups excluding tert-OH is 1. The fourth-order valence-corrected chi connectivity index (χ4v) is 4.30. The van der Waals surface area contributed by atoms with E-state index in [4.69, 9.17) is 0 Å². The van der Waals surface area contributed by atoms with E-state index >= 15 is 0 Å². The molecule has 1 aliphatic rings. The van der Waals surface area contributed by atoms with Gasteiger partial charge in [0.05, 0.1) is 6.61 Å². The molecule has 0 spiro atoms. The monoisotopic (exact) mass is 299 g/mol. The van der Waals surface area contributed by atoms with E-state index in [1.54, 1.807) is 18.3 Å². The fraction of sp³-hybridized carbons (Fsp3) is 0.615. The summed E-state index contributed by atoms with van der Waals surface area (Å²) in [6.07, 6.45) is 4.04. The first-order chi connectivity index (χ1) is 9.61. The number of hydrogen-bond acceptors (Lipinski definition) is 5. The van der Waals surface area contributed by atoms with Gasteiger partial charge in [-0.2, -0.15) is 4.31 Å². The number of aromatic nitrogens is 1. The molecule has 0 amide bonds. The number of hydrogen-bond donors (Lipinski definition) is 2. The Kier molecular flexibility index (Phi) is 4.95. The molecule has 1 aromatic heterocycles. The van der Waals surface area contributed by atoms with Crippen LogP contribution in [0.1, 0.15) is 26.2 Å². The zero-order valence-corrected chi connectivity index (χ0v) is 12.4. The van der Waals surface area contributed by atoms with Gasteiger partial charge in [0.1, 0.15) is 10.7 Å². The molecular weight excluding hydrogens is 278 g/mol. The molecular formula is C13H21N3O3S. The summed E-state index contributed by atoms with van der Waals surface area (Å²) in [5, 5.41) is 12.4. The molecule has 112 valence electrons. The molecule has 2 rings (SSSR count). The second kappa shape index (κ2) is 6.51. The van der Waals surface area contributed by atoms with Gasteiger partial charge >= 0.3 is 0 Å². The summed E-state index contributed by atoms with van der Waals surface area (Å²) < 4.78 is 27.0. The van der Waals surface area contributed by atoms with Gasteiger partial charge in [-0.15, -0.1) is 0 Å². The van der Waals surface area contributed by atoms with Gasteiger partial charge in [0.15, 0.2) is 0 Å². The van der Waals surface area contributed by atoms with Gasteiger partial charge in [0.2, 0.25) is 10.0 Å². The van der Waals surface area contributed by atoms with Crippen LogP contribution in [0.2, 0.25) is 0 Å². The van der Waals surface area contributed by atoms with E-state index in [0.717, 1.165) is 12.8 Å². The van der Waals surface area contributed by atoms with Gasteiger partial charge in [-0.3, -0.25) is 0 Å². The highest BCUT2D eigenvalue weighted by Crippen LogP contribution is 2.28. The van der Waals surface area contributed by atoms with Crippen LogP contribution < -0.4 is 5.32 Å². The fourth-order valence-electron chi connectivity index (χ4n) is 2.50. The Morgan fingerprint density at radius 3 is 3.00 bits per heavy atom. The van der Waals surface area contributed by atoms with Crippen LogP contribution in [0.5, 0.6) is 0 Å². The van der Waals surface area contributed by atoms with E-state index < -0.39 is 10.0 Å². The minimum atomic E-state index is -3.63. The van der Waals surface area contributed by atoms with Gasteiger partial charge in [-0.05, 0) is 31.9 Å². The summed E-state index contributed by atoms with van der Waals surface area (Å²) in [6.45, 7) is 2.80. The molecule has 6 nitrogen and oxygen atoms in total. The number of nitrogens with zero attached hydrogens (tertiary/aromatic N) is 2. The standard InChI is InChI=1S/C13H21N3O3S/c1-2-14-13-12(7-5-8-15-13)20(18,19)16-9-4-3-6-11(16)10-17/h5,7-8,11,17H,2-4,6,9-10H2,1H3,(H,14,15). The highest BCUT2D eigenvalue weighted by Gasteiger charge is 2.34. The number of rotatable bonds is 5. The van der Waals surface area contributed by atoms with Gasteiger partial charge < -0.3 is 10.4 Å². The molecule has 1 atom stereocenters. The Labute approximate surface area is 119 Å². The van der Waals surface area contributed by atoms with Gasteiger partial charge in [-0.1, -0.05) is 6.42 Å². The molecule has 1 aliphatic heterocycles. The van der Waals surface area contributed by atoms with Crippen molar-refractivity contribution in [3.63, 3.8) is 0 Å². The molecule has 0 saturated carbocycles. The minimum Gasteiger partial charge on any atom is -0.395 e. The van der Waals surface area contributed by atoms with Gasteiger partial charge in [0, 0.05) is 25.3 Å². The molecule has 20 heavy (non-hydrogen) atoms. The summed E-state index contributed by atoms with van der Waals surface area (Å²) in [5.74, 6) is 0.372. The van der Waals surface area contributed by atoms with Crippen molar-refractivity contribution in [2.24, 2.45) is 0 Å². The minimum absolute atomic E-state index is 0.143. The highest BCUT2D eigenvalue weighted by molar-refractivity contribution is 7.89. The predicted molar refractivity (Wildman–Crippen MR) is 77.0 cm³/mol. The van der Waals surface area contributed by atoms with E-state index in [1.807, 2.05) is 6.92 Å². The number of anilines is 1. The van der Waals surface area contributed by atoms with Crippen molar-refractivity contribution >= 4 is 15.8 Å². The molecule has 0 aliphatic carbocycles. The van der Waals surface area contributed by atoms with Gasteiger partial charge in [-0.25, -0.2) is 13.4 Å². The van der Waals surface area contributed by atoms with Crippen molar-refractivity contribution in [2.75, 3.05) is 25.0 Å². The largest absolute Gasteiger partial charge is 0.395 e. The first kappa shape index (κ1) is 15.2. The third-order valence-corrected chi connectivity index (χ3v) is 5.47. The number of aliphatic hydroxyl groups is 1. The lowest BCUT2D eigenvalue weighted by molar-refractivity contribution is 0.155. The first-order valence-corrected chi connectivity index (χ1v) is 8.37. The highest BCUT2D eigenvalue weighted by atomic mass is 32.2. The maximum Gasteiger partial charge on any atom is 0.247 e. The van der Waals surface area contributed by atoms with Crippen LogP contribution in [0.25, 0.3) is 0 Å². The lowest BCUT2D eigenvalue weighted by Gasteiger charge is -2.33. The molecule has 1 saturated heterocycles. The van der Waals surface area contributed by atoms with Crippen LogP contribution in [0.4, 0.5) is 5.82 Å². The molecule has 0 bridgehead atoms. The number of pyridine rings is 1. The number of sulfonamides is 1. The van der Waals surface area contributed by atoms with Crippen LogP contribution in [0.15, 0.2) is 23.2 Å². The van der Waals surface area contributed by atoms with Crippen LogP contribution >= 0.6 is 0 Å². The lowest BCUT2D eigenvalue weighted by atomic mass is 10.1. The Bertz CT molecular complexity index is 548. The quantitative estimate of drug-likeness (QED) is 0.849. The van der Waals surface area contributed by atoms with Crippen molar-refractivity contribution in [3.8, 4) is 0 Å². The second-order valence-corrected chi connectivity index (χ2v) is 6.69. The van der Waals surface area contributed by atoms with E-state index in [9.17, 15) is 13.5 Å². The lowest BCUT2D eigenvalue weighted by Crippen LogP contribution is -2.45. The smallest absolute Gasteiger partial charge is 0.247 e. The average molecular weight is 299 g/mol. The average Bonchev–Trinajstić information content (AvgIpc) is 2.48. The summed E-state index contributed by atoms with van der Waals surface area (Å²) in [6, 6.07) is 2.85. The molecule has 0 radical (unpaired) electrons. The summed E-state index contributed by atoms with van der Waals surface area (Å²) in [4.78, 5) is 4.28. The topological polar surface area (TPSA) is 82.5 Å². The van der Waals surface area contributed by atoms with Crippen LogP contribution in [-0.4, -0.2) is 48.6 Å². The van der Waals surface area contributed by atoms with Crippen molar-refractivity contribution in [3.05, 3.63) is 18.3 Å².